The average molecular weight is 357 g/mol. The fourth-order valence-corrected chi connectivity index (χ4v) is 2.97. The van der Waals surface area contributed by atoms with Crippen molar-refractivity contribution in [3.05, 3.63) is 17.7 Å². The van der Waals surface area contributed by atoms with E-state index in [1.807, 2.05) is 4.90 Å². The highest BCUT2D eigenvalue weighted by Gasteiger charge is 2.34. The Balaban J connectivity index is 2.33. The SMILES string of the molecule is COCCN(CC1CC1C)c1cc(C(=O)O)cc(NS(C)(=O)=O)n1. The van der Waals surface area contributed by atoms with Crippen molar-refractivity contribution in [1.29, 1.82) is 0 Å². The van der Waals surface area contributed by atoms with Crippen LogP contribution in [0.2, 0.25) is 0 Å². The lowest BCUT2D eigenvalue weighted by molar-refractivity contribution is 0.0697. The van der Waals surface area contributed by atoms with E-state index in [0.717, 1.165) is 19.2 Å². The highest BCUT2D eigenvalue weighted by molar-refractivity contribution is 7.92. The van der Waals surface area contributed by atoms with Crippen molar-refractivity contribution in [3.8, 4) is 0 Å². The number of rotatable bonds is 9. The van der Waals surface area contributed by atoms with Crippen molar-refractivity contribution in [2.75, 3.05) is 42.7 Å². The van der Waals surface area contributed by atoms with E-state index in [1.165, 1.54) is 12.1 Å². The van der Waals surface area contributed by atoms with Gasteiger partial charge in [0.25, 0.3) is 0 Å². The number of nitrogens with one attached hydrogen (secondary N) is 1. The van der Waals surface area contributed by atoms with Crippen LogP contribution < -0.4 is 9.62 Å². The zero-order valence-electron chi connectivity index (χ0n) is 14.0. The van der Waals surface area contributed by atoms with Gasteiger partial charge >= 0.3 is 5.97 Å². The molecule has 1 aliphatic rings. The summed E-state index contributed by atoms with van der Waals surface area (Å²) in [5.74, 6) is 0.451. The van der Waals surface area contributed by atoms with E-state index in [2.05, 4.69) is 16.6 Å². The van der Waals surface area contributed by atoms with E-state index in [9.17, 15) is 18.3 Å². The predicted octanol–water partition coefficient (Wildman–Crippen LogP) is 1.26. The minimum absolute atomic E-state index is 0.00124. The van der Waals surface area contributed by atoms with E-state index in [0.29, 0.717) is 30.8 Å². The van der Waals surface area contributed by atoms with Crippen LogP contribution in [0.25, 0.3) is 0 Å². The number of hydrogen-bond acceptors (Lipinski definition) is 6. The molecule has 2 atom stereocenters. The second kappa shape index (κ2) is 7.35. The van der Waals surface area contributed by atoms with Gasteiger partial charge in [-0.15, -0.1) is 0 Å². The van der Waals surface area contributed by atoms with Crippen LogP contribution in [0.3, 0.4) is 0 Å². The molecule has 0 saturated heterocycles. The van der Waals surface area contributed by atoms with Crippen LogP contribution in [0, 0.1) is 11.8 Å². The summed E-state index contributed by atoms with van der Waals surface area (Å²) in [4.78, 5) is 17.6. The molecule has 2 unspecified atom stereocenters. The van der Waals surface area contributed by atoms with Gasteiger partial charge in [-0.2, -0.15) is 0 Å². The summed E-state index contributed by atoms with van der Waals surface area (Å²) in [6.45, 7) is 3.92. The highest BCUT2D eigenvalue weighted by Crippen LogP contribution is 2.39. The standard InChI is InChI=1S/C15H23N3O5S/c1-10-6-12(10)9-18(4-5-23-2)14-8-11(15(19)20)7-13(16-14)17-24(3,21)22/h7-8,10,12H,4-6,9H2,1-3H3,(H,16,17)(H,19,20). The molecule has 24 heavy (non-hydrogen) atoms. The molecular formula is C15H23N3O5S. The lowest BCUT2D eigenvalue weighted by Crippen LogP contribution is -2.31. The number of nitrogens with zero attached hydrogens (tertiary/aromatic N) is 2. The molecule has 2 N–H and O–H groups in total. The number of sulfonamides is 1. The van der Waals surface area contributed by atoms with Crippen molar-refractivity contribution in [2.45, 2.75) is 13.3 Å². The van der Waals surface area contributed by atoms with E-state index in [4.69, 9.17) is 4.74 Å². The maximum absolute atomic E-state index is 11.4. The fourth-order valence-electron chi connectivity index (χ4n) is 2.48. The van der Waals surface area contributed by atoms with Gasteiger partial charge < -0.3 is 14.7 Å². The normalized spacial score (nSPS) is 19.8. The molecule has 134 valence electrons. The number of anilines is 2. The topological polar surface area (TPSA) is 109 Å². The summed E-state index contributed by atoms with van der Waals surface area (Å²) in [5.41, 5.74) is -0.0163. The predicted molar refractivity (Wildman–Crippen MR) is 91.0 cm³/mol. The maximum atomic E-state index is 11.4. The molecule has 0 bridgehead atoms. The van der Waals surface area contributed by atoms with E-state index < -0.39 is 16.0 Å². The van der Waals surface area contributed by atoms with Gasteiger partial charge in [-0.25, -0.2) is 18.2 Å². The number of aromatic nitrogens is 1. The smallest absolute Gasteiger partial charge is 0.335 e. The van der Waals surface area contributed by atoms with Crippen molar-refractivity contribution >= 4 is 27.6 Å². The second-order valence-corrected chi connectivity index (χ2v) is 7.94. The minimum Gasteiger partial charge on any atom is -0.478 e. The van der Waals surface area contributed by atoms with Crippen LogP contribution in [0.15, 0.2) is 12.1 Å². The van der Waals surface area contributed by atoms with Crippen molar-refractivity contribution in [1.82, 2.24) is 4.98 Å². The van der Waals surface area contributed by atoms with Crippen LogP contribution in [-0.2, 0) is 14.8 Å². The van der Waals surface area contributed by atoms with E-state index in [1.54, 1.807) is 7.11 Å². The van der Waals surface area contributed by atoms with Crippen molar-refractivity contribution in [2.24, 2.45) is 11.8 Å². The third-order valence-corrected chi connectivity index (χ3v) is 4.55. The highest BCUT2D eigenvalue weighted by atomic mass is 32.2. The first-order valence-electron chi connectivity index (χ1n) is 7.66. The number of aromatic carboxylic acids is 1. The Bertz CT molecular complexity index is 707. The molecule has 1 fully saturated rings. The minimum atomic E-state index is -3.55. The fraction of sp³-hybridized carbons (Fsp3) is 0.600. The molecule has 1 aromatic heterocycles. The molecule has 1 heterocycles. The monoisotopic (exact) mass is 357 g/mol. The summed E-state index contributed by atoms with van der Waals surface area (Å²) >= 11 is 0. The molecule has 2 rings (SSSR count). The Morgan fingerprint density at radius 2 is 2.17 bits per heavy atom. The molecule has 1 saturated carbocycles. The van der Waals surface area contributed by atoms with Gasteiger partial charge in [-0.05, 0) is 30.4 Å². The number of pyridine rings is 1. The van der Waals surface area contributed by atoms with Crippen LogP contribution in [0.5, 0.6) is 0 Å². The van der Waals surface area contributed by atoms with E-state index >= 15 is 0 Å². The summed E-state index contributed by atoms with van der Waals surface area (Å²) in [5, 5.41) is 9.28. The van der Waals surface area contributed by atoms with Gasteiger partial charge in [0.1, 0.15) is 11.6 Å². The Labute approximate surface area is 141 Å². The molecule has 0 aliphatic heterocycles. The number of ether oxygens (including phenoxy) is 1. The first-order valence-corrected chi connectivity index (χ1v) is 9.56. The van der Waals surface area contributed by atoms with Crippen molar-refractivity contribution < 1.29 is 23.1 Å². The molecule has 1 aliphatic carbocycles. The third-order valence-electron chi connectivity index (χ3n) is 3.97. The van der Waals surface area contributed by atoms with Gasteiger partial charge in [-0.3, -0.25) is 4.72 Å². The van der Waals surface area contributed by atoms with Gasteiger partial charge in [0.2, 0.25) is 10.0 Å². The van der Waals surface area contributed by atoms with Gasteiger partial charge in [0, 0.05) is 20.2 Å². The number of carboxylic acids is 1. The first-order chi connectivity index (χ1) is 11.2. The molecule has 0 aromatic carbocycles. The Morgan fingerprint density at radius 1 is 1.50 bits per heavy atom. The van der Waals surface area contributed by atoms with Gasteiger partial charge in [-0.1, -0.05) is 6.92 Å². The summed E-state index contributed by atoms with van der Waals surface area (Å²) in [7, 11) is -1.95. The van der Waals surface area contributed by atoms with E-state index in [-0.39, 0.29) is 11.4 Å². The molecule has 0 spiro atoms. The zero-order valence-corrected chi connectivity index (χ0v) is 14.8. The lowest BCUT2D eigenvalue weighted by Gasteiger charge is -2.24. The quantitative estimate of drug-likeness (QED) is 0.685. The van der Waals surface area contributed by atoms with Crippen LogP contribution in [-0.4, -0.2) is 57.5 Å². The van der Waals surface area contributed by atoms with Crippen molar-refractivity contribution in [3.63, 3.8) is 0 Å². The third kappa shape index (κ3) is 5.34. The number of carboxylic acid groups (broad SMARTS) is 1. The zero-order chi connectivity index (χ0) is 17.9. The lowest BCUT2D eigenvalue weighted by atomic mass is 10.2. The summed E-state index contributed by atoms with van der Waals surface area (Å²) < 4.78 is 30.2. The van der Waals surface area contributed by atoms with Gasteiger partial charge in [0.05, 0.1) is 18.4 Å². The molecule has 1 aromatic rings. The summed E-state index contributed by atoms with van der Waals surface area (Å²) in [6, 6.07) is 2.67. The Hall–Kier alpha value is -1.87. The maximum Gasteiger partial charge on any atom is 0.335 e. The van der Waals surface area contributed by atoms with Gasteiger partial charge in [0.15, 0.2) is 0 Å². The number of hydrogen-bond donors (Lipinski definition) is 2. The molecule has 8 nitrogen and oxygen atoms in total. The number of carbonyl (C=O) groups is 1. The Morgan fingerprint density at radius 3 is 2.67 bits per heavy atom. The molecular weight excluding hydrogens is 334 g/mol. The number of methoxy groups -OCH3 is 1. The second-order valence-electron chi connectivity index (χ2n) is 6.19. The first kappa shape index (κ1) is 18.5. The largest absolute Gasteiger partial charge is 0.478 e. The van der Waals surface area contributed by atoms with Crippen LogP contribution in [0.1, 0.15) is 23.7 Å². The van der Waals surface area contributed by atoms with Crippen LogP contribution in [0.4, 0.5) is 11.6 Å². The molecule has 9 heteroatoms. The van der Waals surface area contributed by atoms with Crippen LogP contribution >= 0.6 is 0 Å². The molecule has 0 radical (unpaired) electrons. The Kier molecular flexibility index (Phi) is 5.66. The molecule has 0 amide bonds. The summed E-state index contributed by atoms with van der Waals surface area (Å²) in [6.07, 6.45) is 2.12. The average Bonchev–Trinajstić information content (AvgIpc) is 3.16.